The van der Waals surface area contributed by atoms with Crippen LogP contribution in [0, 0.1) is 0 Å². The Morgan fingerprint density at radius 1 is 1.22 bits per heavy atom. The van der Waals surface area contributed by atoms with Crippen LogP contribution in [0.2, 0.25) is 10.0 Å². The summed E-state index contributed by atoms with van der Waals surface area (Å²) in [6.07, 6.45) is 2.23. The summed E-state index contributed by atoms with van der Waals surface area (Å²) in [4.78, 5) is 16.2. The highest BCUT2D eigenvalue weighted by atomic mass is 35.5. The zero-order valence-electron chi connectivity index (χ0n) is 14.5. The lowest BCUT2D eigenvalue weighted by Gasteiger charge is -2.09. The first-order valence-corrected chi connectivity index (χ1v) is 9.59. The Kier molecular flexibility index (Phi) is 6.31. The maximum Gasteiger partial charge on any atom is 0.228 e. The van der Waals surface area contributed by atoms with Crippen LogP contribution in [-0.2, 0) is 4.79 Å². The van der Waals surface area contributed by atoms with E-state index in [4.69, 9.17) is 39.8 Å². The average Bonchev–Trinajstić information content (AvgIpc) is 3.02. The van der Waals surface area contributed by atoms with E-state index in [2.05, 4.69) is 15.6 Å². The number of thiocarbonyl (C=S) groups is 1. The predicted molar refractivity (Wildman–Crippen MR) is 113 cm³/mol. The first-order chi connectivity index (χ1) is 13.0. The summed E-state index contributed by atoms with van der Waals surface area (Å²) in [5.74, 6) is 0.302. The number of hydrogen-bond acceptors (Lipinski definition) is 4. The third-order valence-electron chi connectivity index (χ3n) is 3.82. The van der Waals surface area contributed by atoms with Crippen molar-refractivity contribution in [2.75, 3.05) is 5.32 Å². The van der Waals surface area contributed by atoms with Gasteiger partial charge in [0, 0.05) is 17.1 Å². The van der Waals surface area contributed by atoms with E-state index in [0.29, 0.717) is 44.7 Å². The van der Waals surface area contributed by atoms with Gasteiger partial charge in [0.05, 0.1) is 10.6 Å². The number of nitrogens with zero attached hydrogens (tertiary/aromatic N) is 1. The summed E-state index contributed by atoms with van der Waals surface area (Å²) >= 11 is 17.3. The molecule has 0 aliphatic carbocycles. The van der Waals surface area contributed by atoms with Crippen molar-refractivity contribution in [3.63, 3.8) is 0 Å². The Balaban J connectivity index is 1.76. The molecule has 140 valence electrons. The molecule has 0 saturated carbocycles. The summed E-state index contributed by atoms with van der Waals surface area (Å²) < 4.78 is 5.77. The minimum Gasteiger partial charge on any atom is -0.436 e. The molecule has 5 nitrogen and oxygen atoms in total. The number of aromatic nitrogens is 1. The van der Waals surface area contributed by atoms with E-state index < -0.39 is 0 Å². The number of halogens is 2. The van der Waals surface area contributed by atoms with Gasteiger partial charge in [0.25, 0.3) is 0 Å². The first kappa shape index (κ1) is 19.6. The number of nitrogens with one attached hydrogen (secondary N) is 2. The number of carbonyl (C=O) groups excluding carboxylic acids is 1. The molecule has 1 heterocycles. The molecule has 0 atom stereocenters. The second kappa shape index (κ2) is 8.69. The van der Waals surface area contributed by atoms with Gasteiger partial charge in [-0.25, -0.2) is 4.98 Å². The molecule has 0 unspecified atom stereocenters. The van der Waals surface area contributed by atoms with Gasteiger partial charge in [-0.2, -0.15) is 0 Å². The van der Waals surface area contributed by atoms with E-state index in [9.17, 15) is 4.79 Å². The molecule has 0 saturated heterocycles. The van der Waals surface area contributed by atoms with E-state index in [1.165, 1.54) is 0 Å². The highest BCUT2D eigenvalue weighted by molar-refractivity contribution is 7.80. The van der Waals surface area contributed by atoms with Gasteiger partial charge in [-0.3, -0.25) is 4.79 Å². The van der Waals surface area contributed by atoms with E-state index in [0.717, 1.165) is 12.8 Å². The standard InChI is InChI=1S/C19H17Cl2N3O2S/c1-2-3-4-17(25)24-19(27)22-12-6-8-16-15(10-12)23-18(26-16)13-7-5-11(20)9-14(13)21/h5-10H,2-4H2,1H3,(H2,22,24,25,27). The third kappa shape index (κ3) is 4.97. The maximum absolute atomic E-state index is 11.7. The smallest absolute Gasteiger partial charge is 0.228 e. The Labute approximate surface area is 172 Å². The van der Waals surface area contributed by atoms with E-state index in [1.54, 1.807) is 36.4 Å². The minimum absolute atomic E-state index is 0.100. The summed E-state index contributed by atoms with van der Waals surface area (Å²) in [6.45, 7) is 2.03. The highest BCUT2D eigenvalue weighted by Crippen LogP contribution is 2.32. The molecule has 0 aliphatic heterocycles. The van der Waals surface area contributed by atoms with Crippen molar-refractivity contribution in [1.29, 1.82) is 0 Å². The van der Waals surface area contributed by atoms with Crippen LogP contribution in [0.3, 0.4) is 0 Å². The molecule has 1 aromatic heterocycles. The predicted octanol–water partition coefficient (Wildman–Crippen LogP) is 5.80. The molecule has 27 heavy (non-hydrogen) atoms. The van der Waals surface area contributed by atoms with Gasteiger partial charge < -0.3 is 15.1 Å². The van der Waals surface area contributed by atoms with Crippen LogP contribution in [0.5, 0.6) is 0 Å². The van der Waals surface area contributed by atoms with E-state index in [1.807, 2.05) is 6.92 Å². The van der Waals surface area contributed by atoms with Crippen LogP contribution < -0.4 is 10.6 Å². The molecule has 0 fully saturated rings. The Bertz CT molecular complexity index is 1000. The second-order valence-corrected chi connectivity index (χ2v) is 7.18. The van der Waals surface area contributed by atoms with Crippen molar-refractivity contribution >= 4 is 63.2 Å². The van der Waals surface area contributed by atoms with Gasteiger partial charge in [0.2, 0.25) is 11.8 Å². The van der Waals surface area contributed by atoms with Crippen LogP contribution in [-0.4, -0.2) is 16.0 Å². The minimum atomic E-state index is -0.100. The van der Waals surface area contributed by atoms with Crippen molar-refractivity contribution in [2.45, 2.75) is 26.2 Å². The van der Waals surface area contributed by atoms with Crippen molar-refractivity contribution in [1.82, 2.24) is 10.3 Å². The quantitative estimate of drug-likeness (QED) is 0.509. The van der Waals surface area contributed by atoms with Crippen molar-refractivity contribution in [3.8, 4) is 11.5 Å². The van der Waals surface area contributed by atoms with Crippen molar-refractivity contribution in [2.24, 2.45) is 0 Å². The summed E-state index contributed by atoms with van der Waals surface area (Å²) in [5.41, 5.74) is 2.61. The number of amides is 1. The fourth-order valence-electron chi connectivity index (χ4n) is 2.47. The average molecular weight is 422 g/mol. The fraction of sp³-hybridized carbons (Fsp3) is 0.211. The second-order valence-electron chi connectivity index (χ2n) is 5.93. The molecular weight excluding hydrogens is 405 g/mol. The van der Waals surface area contributed by atoms with Gasteiger partial charge in [-0.15, -0.1) is 0 Å². The van der Waals surface area contributed by atoms with Gasteiger partial charge in [-0.05, 0) is 55.0 Å². The number of carbonyl (C=O) groups is 1. The number of rotatable bonds is 5. The largest absolute Gasteiger partial charge is 0.436 e. The summed E-state index contributed by atoms with van der Waals surface area (Å²) in [6, 6.07) is 10.5. The number of benzene rings is 2. The van der Waals surface area contributed by atoms with Crippen molar-refractivity contribution in [3.05, 3.63) is 46.4 Å². The highest BCUT2D eigenvalue weighted by Gasteiger charge is 2.13. The molecule has 0 radical (unpaired) electrons. The SMILES string of the molecule is CCCCC(=O)NC(=S)Nc1ccc2oc(-c3ccc(Cl)cc3Cl)nc2c1. The fourth-order valence-corrected chi connectivity index (χ4v) is 3.19. The summed E-state index contributed by atoms with van der Waals surface area (Å²) in [5, 5.41) is 6.90. The van der Waals surface area contributed by atoms with Crippen LogP contribution >= 0.6 is 35.4 Å². The Hall–Kier alpha value is -2.15. The van der Waals surface area contributed by atoms with Crippen LogP contribution in [0.4, 0.5) is 5.69 Å². The first-order valence-electron chi connectivity index (χ1n) is 8.43. The molecule has 3 rings (SSSR count). The molecule has 8 heteroatoms. The lowest BCUT2D eigenvalue weighted by atomic mass is 10.2. The molecule has 0 aliphatic rings. The zero-order valence-corrected chi connectivity index (χ0v) is 16.8. The number of hydrogen-bond donors (Lipinski definition) is 2. The molecule has 0 bridgehead atoms. The van der Waals surface area contributed by atoms with Crippen LogP contribution in [0.15, 0.2) is 40.8 Å². The topological polar surface area (TPSA) is 67.2 Å². The van der Waals surface area contributed by atoms with Gasteiger partial charge >= 0.3 is 0 Å². The van der Waals surface area contributed by atoms with Gasteiger partial charge in [-0.1, -0.05) is 36.5 Å². The number of oxazole rings is 1. The van der Waals surface area contributed by atoms with E-state index >= 15 is 0 Å². The van der Waals surface area contributed by atoms with Gasteiger partial charge in [0.1, 0.15) is 5.52 Å². The van der Waals surface area contributed by atoms with Crippen molar-refractivity contribution < 1.29 is 9.21 Å². The molecule has 3 aromatic rings. The monoisotopic (exact) mass is 421 g/mol. The number of fused-ring (bicyclic) bond motifs is 1. The summed E-state index contributed by atoms with van der Waals surface area (Å²) in [7, 11) is 0. The lowest BCUT2D eigenvalue weighted by molar-refractivity contribution is -0.119. The van der Waals surface area contributed by atoms with Gasteiger partial charge in [0.15, 0.2) is 10.7 Å². The lowest BCUT2D eigenvalue weighted by Crippen LogP contribution is -2.33. The van der Waals surface area contributed by atoms with E-state index in [-0.39, 0.29) is 11.0 Å². The Morgan fingerprint density at radius 2 is 2.04 bits per heavy atom. The normalized spacial score (nSPS) is 10.8. The molecule has 2 aromatic carbocycles. The van der Waals surface area contributed by atoms with Crippen LogP contribution in [0.25, 0.3) is 22.6 Å². The molecule has 1 amide bonds. The number of anilines is 1. The maximum atomic E-state index is 11.7. The molecule has 2 N–H and O–H groups in total. The molecule has 0 spiro atoms. The number of unbranched alkanes of at least 4 members (excludes halogenated alkanes) is 1. The molecular formula is C19H17Cl2N3O2S. The zero-order chi connectivity index (χ0) is 19.4. The van der Waals surface area contributed by atoms with Crippen LogP contribution in [0.1, 0.15) is 26.2 Å². The Morgan fingerprint density at radius 3 is 2.78 bits per heavy atom. The third-order valence-corrected chi connectivity index (χ3v) is 4.57.